The first-order valence-corrected chi connectivity index (χ1v) is 5.55. The smallest absolute Gasteiger partial charge is 0.210 e. The monoisotopic (exact) mass is 243 g/mol. The largest absolute Gasteiger partial charge is 0.350 e. The van der Waals surface area contributed by atoms with Crippen LogP contribution in [0, 0.1) is 0 Å². The van der Waals surface area contributed by atoms with Crippen molar-refractivity contribution in [2.45, 2.75) is 6.29 Å². The Morgan fingerprint density at radius 1 is 1.33 bits per heavy atom. The van der Waals surface area contributed by atoms with Gasteiger partial charge in [-0.25, -0.2) is 4.98 Å². The summed E-state index contributed by atoms with van der Waals surface area (Å²) >= 11 is 7.41. The Balaban J connectivity index is 2.46. The van der Waals surface area contributed by atoms with Gasteiger partial charge in [0.2, 0.25) is 6.29 Å². The predicted octanol–water partition coefficient (Wildman–Crippen LogP) is 3.24. The van der Waals surface area contributed by atoms with Crippen LogP contribution < -0.4 is 0 Å². The van der Waals surface area contributed by atoms with Crippen molar-refractivity contribution < 1.29 is 9.47 Å². The molecule has 0 aliphatic rings. The Hall–Kier alpha value is -0.680. The minimum Gasteiger partial charge on any atom is -0.350 e. The number of nitrogens with zero attached hydrogens (tertiary/aromatic N) is 1. The average molecular weight is 244 g/mol. The molecule has 0 aliphatic heterocycles. The molecule has 0 N–H and O–H groups in total. The first-order valence-electron chi connectivity index (χ1n) is 4.36. The number of fused-ring (bicyclic) bond motifs is 1. The minimum atomic E-state index is -0.402. The van der Waals surface area contributed by atoms with E-state index in [-0.39, 0.29) is 0 Å². The lowest BCUT2D eigenvalue weighted by Crippen LogP contribution is -2.02. The molecule has 80 valence electrons. The fourth-order valence-electron chi connectivity index (χ4n) is 1.31. The molecule has 15 heavy (non-hydrogen) atoms. The van der Waals surface area contributed by atoms with Gasteiger partial charge in [-0.15, -0.1) is 11.3 Å². The molecule has 0 amide bonds. The van der Waals surface area contributed by atoms with Crippen LogP contribution in [0.2, 0.25) is 5.02 Å². The Morgan fingerprint density at radius 2 is 2.07 bits per heavy atom. The zero-order chi connectivity index (χ0) is 10.8. The van der Waals surface area contributed by atoms with Crippen molar-refractivity contribution in [2.75, 3.05) is 14.2 Å². The third kappa shape index (κ3) is 2.13. The van der Waals surface area contributed by atoms with Crippen molar-refractivity contribution in [3.05, 3.63) is 28.2 Å². The molecule has 2 rings (SSSR count). The number of thiazole rings is 1. The van der Waals surface area contributed by atoms with E-state index in [1.54, 1.807) is 14.2 Å². The van der Waals surface area contributed by atoms with E-state index in [0.29, 0.717) is 5.02 Å². The number of aromatic nitrogens is 1. The summed E-state index contributed by atoms with van der Waals surface area (Å²) < 4.78 is 11.3. The fourth-order valence-corrected chi connectivity index (χ4v) is 2.61. The number of rotatable bonds is 3. The van der Waals surface area contributed by atoms with Crippen LogP contribution in [0.4, 0.5) is 0 Å². The molecule has 0 unspecified atom stereocenters. The fraction of sp³-hybridized carbons (Fsp3) is 0.300. The van der Waals surface area contributed by atoms with E-state index >= 15 is 0 Å². The summed E-state index contributed by atoms with van der Waals surface area (Å²) in [4.78, 5) is 4.41. The zero-order valence-electron chi connectivity index (χ0n) is 8.36. The molecular weight excluding hydrogens is 234 g/mol. The molecule has 0 fully saturated rings. The summed E-state index contributed by atoms with van der Waals surface area (Å²) in [6.45, 7) is 0. The molecule has 1 heterocycles. The van der Waals surface area contributed by atoms with Crippen LogP contribution in [0.1, 0.15) is 11.3 Å². The number of ether oxygens (including phenoxy) is 2. The van der Waals surface area contributed by atoms with Crippen LogP contribution in [0.3, 0.4) is 0 Å². The average Bonchev–Trinajstić information content (AvgIpc) is 2.62. The van der Waals surface area contributed by atoms with Crippen LogP contribution >= 0.6 is 22.9 Å². The molecule has 0 radical (unpaired) electrons. The van der Waals surface area contributed by atoms with E-state index in [1.807, 2.05) is 18.2 Å². The van der Waals surface area contributed by atoms with Crippen LogP contribution in [-0.4, -0.2) is 19.2 Å². The summed E-state index contributed by atoms with van der Waals surface area (Å²) in [6.07, 6.45) is -0.402. The molecule has 0 saturated carbocycles. The predicted molar refractivity (Wildman–Crippen MR) is 61.4 cm³/mol. The second-order valence-electron chi connectivity index (χ2n) is 2.97. The van der Waals surface area contributed by atoms with Crippen molar-refractivity contribution in [3.63, 3.8) is 0 Å². The molecule has 1 aromatic heterocycles. The van der Waals surface area contributed by atoms with Gasteiger partial charge in [0, 0.05) is 19.2 Å². The number of halogens is 1. The third-order valence-corrected chi connectivity index (χ3v) is 3.27. The van der Waals surface area contributed by atoms with Gasteiger partial charge in [-0.2, -0.15) is 0 Å². The lowest BCUT2D eigenvalue weighted by Gasteiger charge is -2.08. The molecule has 3 nitrogen and oxygen atoms in total. The number of hydrogen-bond donors (Lipinski definition) is 0. The van der Waals surface area contributed by atoms with Gasteiger partial charge in [0.15, 0.2) is 5.01 Å². The van der Waals surface area contributed by atoms with Gasteiger partial charge in [0.1, 0.15) is 0 Å². The lowest BCUT2D eigenvalue weighted by molar-refractivity contribution is -0.105. The Morgan fingerprint density at radius 3 is 2.73 bits per heavy atom. The highest BCUT2D eigenvalue weighted by Crippen LogP contribution is 2.29. The summed E-state index contributed by atoms with van der Waals surface area (Å²) in [6, 6.07) is 5.60. The second-order valence-corrected chi connectivity index (χ2v) is 4.47. The van der Waals surface area contributed by atoms with Gasteiger partial charge in [0.25, 0.3) is 0 Å². The molecular formula is C10H10ClNO2S. The van der Waals surface area contributed by atoms with Crippen LogP contribution in [0.5, 0.6) is 0 Å². The maximum absolute atomic E-state index is 5.89. The van der Waals surface area contributed by atoms with E-state index < -0.39 is 6.29 Å². The topological polar surface area (TPSA) is 31.4 Å². The highest BCUT2D eigenvalue weighted by Gasteiger charge is 2.14. The van der Waals surface area contributed by atoms with Crippen LogP contribution in [0.25, 0.3) is 10.2 Å². The van der Waals surface area contributed by atoms with Crippen molar-refractivity contribution in [1.29, 1.82) is 0 Å². The number of methoxy groups -OCH3 is 2. The van der Waals surface area contributed by atoms with Crippen LogP contribution in [-0.2, 0) is 9.47 Å². The zero-order valence-corrected chi connectivity index (χ0v) is 9.93. The van der Waals surface area contributed by atoms with E-state index in [2.05, 4.69) is 4.98 Å². The Bertz CT molecular complexity index is 467. The van der Waals surface area contributed by atoms with Crippen LogP contribution in [0.15, 0.2) is 18.2 Å². The van der Waals surface area contributed by atoms with Crippen molar-refractivity contribution in [3.8, 4) is 0 Å². The molecule has 1 aromatic carbocycles. The van der Waals surface area contributed by atoms with E-state index in [1.165, 1.54) is 11.3 Å². The van der Waals surface area contributed by atoms with Gasteiger partial charge < -0.3 is 9.47 Å². The number of benzene rings is 1. The highest BCUT2D eigenvalue weighted by atomic mass is 35.5. The Kier molecular flexibility index (Phi) is 3.21. The van der Waals surface area contributed by atoms with Gasteiger partial charge in [0.05, 0.1) is 10.2 Å². The van der Waals surface area contributed by atoms with E-state index in [4.69, 9.17) is 21.1 Å². The number of hydrogen-bond acceptors (Lipinski definition) is 4. The molecule has 2 aromatic rings. The quantitative estimate of drug-likeness (QED) is 0.776. The van der Waals surface area contributed by atoms with Gasteiger partial charge in [-0.05, 0) is 18.2 Å². The maximum Gasteiger partial charge on any atom is 0.210 e. The normalized spacial score (nSPS) is 11.5. The van der Waals surface area contributed by atoms with Crippen molar-refractivity contribution >= 4 is 33.2 Å². The molecule has 0 spiro atoms. The van der Waals surface area contributed by atoms with Crippen molar-refractivity contribution in [2.24, 2.45) is 0 Å². The molecule has 0 atom stereocenters. The highest BCUT2D eigenvalue weighted by molar-refractivity contribution is 7.18. The minimum absolute atomic E-state index is 0.402. The second kappa shape index (κ2) is 4.45. The van der Waals surface area contributed by atoms with Gasteiger partial charge in [-0.1, -0.05) is 11.6 Å². The van der Waals surface area contributed by atoms with Gasteiger partial charge >= 0.3 is 0 Å². The molecule has 0 saturated heterocycles. The van der Waals surface area contributed by atoms with Crippen molar-refractivity contribution in [1.82, 2.24) is 4.98 Å². The molecule has 0 bridgehead atoms. The summed E-state index contributed by atoms with van der Waals surface area (Å²) in [5, 5.41) is 1.52. The van der Waals surface area contributed by atoms with Gasteiger partial charge in [-0.3, -0.25) is 0 Å². The summed E-state index contributed by atoms with van der Waals surface area (Å²) in [5.74, 6) is 0. The summed E-state index contributed by atoms with van der Waals surface area (Å²) in [5.41, 5.74) is 0.915. The first-order chi connectivity index (χ1) is 7.24. The Labute approximate surface area is 96.6 Å². The molecule has 5 heteroatoms. The lowest BCUT2D eigenvalue weighted by atomic mass is 10.3. The molecule has 0 aliphatic carbocycles. The standard InChI is InChI=1S/C10H10ClNO2S/c1-13-10(14-2)9-12-7-4-3-6(11)5-8(7)15-9/h3-5,10H,1-2H3. The third-order valence-electron chi connectivity index (χ3n) is 2.00. The first kappa shape index (κ1) is 10.8. The summed E-state index contributed by atoms with van der Waals surface area (Å²) in [7, 11) is 3.18. The van der Waals surface area contributed by atoms with E-state index in [9.17, 15) is 0 Å². The maximum atomic E-state index is 5.89. The van der Waals surface area contributed by atoms with E-state index in [0.717, 1.165) is 15.2 Å². The SMILES string of the molecule is COC(OC)c1nc2ccc(Cl)cc2s1.